The molecule has 18 heavy (non-hydrogen) atoms. The molecule has 0 atom stereocenters. The Morgan fingerprint density at radius 2 is 1.94 bits per heavy atom. The minimum atomic E-state index is 0.390. The smallest absolute Gasteiger partial charge is 0.0747 e. The average molecular weight is 288 g/mol. The number of nitrogens with two attached hydrogens (primary N) is 1. The molecule has 0 spiro atoms. The molecule has 0 bridgehead atoms. The molecule has 1 aromatic rings. The van der Waals surface area contributed by atoms with Crippen LogP contribution in [0.5, 0.6) is 0 Å². The van der Waals surface area contributed by atoms with E-state index < -0.39 is 0 Å². The van der Waals surface area contributed by atoms with Crippen LogP contribution in [0.25, 0.3) is 0 Å². The van der Waals surface area contributed by atoms with Crippen molar-refractivity contribution in [2.45, 2.75) is 6.42 Å². The Kier molecular flexibility index (Phi) is 6.06. The third-order valence-electron chi connectivity index (χ3n) is 2.41. The van der Waals surface area contributed by atoms with Crippen LogP contribution in [0.1, 0.15) is 6.42 Å². The summed E-state index contributed by atoms with van der Waals surface area (Å²) in [6, 6.07) is 5.40. The summed E-state index contributed by atoms with van der Waals surface area (Å²) in [6.45, 7) is 1.69. The van der Waals surface area contributed by atoms with Crippen molar-refractivity contribution in [3.05, 3.63) is 22.2 Å². The van der Waals surface area contributed by atoms with Crippen LogP contribution in [0.3, 0.4) is 0 Å². The lowest BCUT2D eigenvalue weighted by atomic mass is 10.2. The number of benzene rings is 1. The quantitative estimate of drug-likeness (QED) is 0.817. The Labute approximate surface area is 117 Å². The van der Waals surface area contributed by atoms with Crippen molar-refractivity contribution >= 4 is 34.6 Å². The maximum atomic E-state index is 8.68. The van der Waals surface area contributed by atoms with Gasteiger partial charge in [0.1, 0.15) is 0 Å². The van der Waals surface area contributed by atoms with Gasteiger partial charge >= 0.3 is 0 Å². The number of ether oxygens (including phenoxy) is 1. The zero-order valence-corrected chi connectivity index (χ0v) is 11.6. The normalized spacial score (nSPS) is 10.1. The molecule has 0 aromatic heterocycles. The number of hydrogen-bond donors (Lipinski definition) is 1. The number of nitrogen functional groups attached to an aromatic ring is 1. The van der Waals surface area contributed by atoms with Gasteiger partial charge in [0.25, 0.3) is 0 Å². The van der Waals surface area contributed by atoms with E-state index in [1.807, 2.05) is 4.90 Å². The molecule has 2 N–H and O–H groups in total. The topological polar surface area (TPSA) is 62.3 Å². The van der Waals surface area contributed by atoms with E-state index >= 15 is 0 Å². The Hall–Kier alpha value is -1.15. The lowest BCUT2D eigenvalue weighted by Gasteiger charge is -2.25. The van der Waals surface area contributed by atoms with E-state index in [2.05, 4.69) is 6.07 Å². The molecule has 0 radical (unpaired) electrons. The first-order valence-electron chi connectivity index (χ1n) is 5.45. The minimum Gasteiger partial charge on any atom is -0.399 e. The molecule has 0 aliphatic heterocycles. The van der Waals surface area contributed by atoms with Gasteiger partial charge in [0.05, 0.1) is 34.8 Å². The van der Waals surface area contributed by atoms with Crippen LogP contribution < -0.4 is 10.6 Å². The van der Waals surface area contributed by atoms with Gasteiger partial charge in [-0.3, -0.25) is 0 Å². The van der Waals surface area contributed by atoms with Crippen LogP contribution in [0, 0.1) is 11.3 Å². The monoisotopic (exact) mass is 287 g/mol. The van der Waals surface area contributed by atoms with E-state index in [4.69, 9.17) is 38.9 Å². The summed E-state index contributed by atoms with van der Waals surface area (Å²) in [5.41, 5.74) is 6.87. The molecule has 98 valence electrons. The Balaban J connectivity index is 3.00. The molecular formula is C12H15Cl2N3O. The first-order chi connectivity index (χ1) is 8.60. The summed E-state index contributed by atoms with van der Waals surface area (Å²) in [4.78, 5) is 1.93. The molecule has 0 fully saturated rings. The molecule has 0 saturated heterocycles. The van der Waals surface area contributed by atoms with Crippen molar-refractivity contribution in [1.29, 1.82) is 5.26 Å². The van der Waals surface area contributed by atoms with E-state index in [1.54, 1.807) is 19.2 Å². The summed E-state index contributed by atoms with van der Waals surface area (Å²) in [5, 5.41) is 9.64. The van der Waals surface area contributed by atoms with Crippen molar-refractivity contribution in [2.75, 3.05) is 37.4 Å². The van der Waals surface area contributed by atoms with Gasteiger partial charge in [0, 0.05) is 25.9 Å². The van der Waals surface area contributed by atoms with E-state index in [0.29, 0.717) is 47.5 Å². The Bertz CT molecular complexity index is 422. The molecule has 1 aromatic carbocycles. The summed E-state index contributed by atoms with van der Waals surface area (Å²) in [7, 11) is 1.62. The van der Waals surface area contributed by atoms with E-state index in [9.17, 15) is 0 Å². The van der Waals surface area contributed by atoms with Crippen LogP contribution in [0.2, 0.25) is 10.0 Å². The van der Waals surface area contributed by atoms with Gasteiger partial charge in [0.2, 0.25) is 0 Å². The van der Waals surface area contributed by atoms with Gasteiger partial charge in [-0.15, -0.1) is 0 Å². The number of rotatable bonds is 6. The predicted molar refractivity (Wildman–Crippen MR) is 75.2 cm³/mol. The zero-order valence-electron chi connectivity index (χ0n) is 10.1. The van der Waals surface area contributed by atoms with Gasteiger partial charge in [-0.05, 0) is 12.1 Å². The number of halogens is 2. The van der Waals surface area contributed by atoms with Crippen LogP contribution >= 0.6 is 23.2 Å². The molecule has 0 saturated carbocycles. The first-order valence-corrected chi connectivity index (χ1v) is 6.21. The summed E-state index contributed by atoms with van der Waals surface area (Å²) in [5.74, 6) is 0. The summed E-state index contributed by atoms with van der Waals surface area (Å²) >= 11 is 12.3. The third-order valence-corrected chi connectivity index (χ3v) is 2.99. The number of methoxy groups -OCH3 is 1. The second-order valence-corrected chi connectivity index (χ2v) is 4.54. The molecule has 0 amide bonds. The molecule has 0 heterocycles. The minimum absolute atomic E-state index is 0.390. The lowest BCUT2D eigenvalue weighted by Crippen LogP contribution is -2.28. The highest BCUT2D eigenvalue weighted by molar-refractivity contribution is 6.39. The maximum Gasteiger partial charge on any atom is 0.0747 e. The SMILES string of the molecule is COCCN(CCC#N)c1c(Cl)cc(N)cc1Cl. The van der Waals surface area contributed by atoms with Crippen molar-refractivity contribution in [3.63, 3.8) is 0 Å². The van der Waals surface area contributed by atoms with Gasteiger partial charge in [-0.1, -0.05) is 23.2 Å². The van der Waals surface area contributed by atoms with Crippen LogP contribution in [0.15, 0.2) is 12.1 Å². The van der Waals surface area contributed by atoms with Crippen LogP contribution in [-0.4, -0.2) is 26.8 Å². The van der Waals surface area contributed by atoms with Gasteiger partial charge in [-0.2, -0.15) is 5.26 Å². The average Bonchev–Trinajstić information content (AvgIpc) is 2.30. The van der Waals surface area contributed by atoms with Crippen molar-refractivity contribution in [3.8, 4) is 6.07 Å². The number of nitrogens with zero attached hydrogens (tertiary/aromatic N) is 2. The molecule has 1 rings (SSSR count). The molecule has 4 nitrogen and oxygen atoms in total. The van der Waals surface area contributed by atoms with Crippen molar-refractivity contribution in [1.82, 2.24) is 0 Å². The summed E-state index contributed by atoms with van der Waals surface area (Å²) < 4.78 is 5.04. The largest absolute Gasteiger partial charge is 0.399 e. The van der Waals surface area contributed by atoms with E-state index in [1.165, 1.54) is 0 Å². The van der Waals surface area contributed by atoms with Crippen molar-refractivity contribution < 1.29 is 4.74 Å². The van der Waals surface area contributed by atoms with E-state index in [-0.39, 0.29) is 0 Å². The fourth-order valence-corrected chi connectivity index (χ4v) is 2.35. The second kappa shape index (κ2) is 7.32. The van der Waals surface area contributed by atoms with Crippen molar-refractivity contribution in [2.24, 2.45) is 0 Å². The lowest BCUT2D eigenvalue weighted by molar-refractivity contribution is 0.205. The standard InChI is InChI=1S/C12H15Cl2N3O/c1-18-6-5-17(4-2-3-15)12-10(13)7-9(16)8-11(12)14/h7-8H,2,4-6,16H2,1H3. The zero-order chi connectivity index (χ0) is 13.5. The fraction of sp³-hybridized carbons (Fsp3) is 0.417. The summed E-state index contributed by atoms with van der Waals surface area (Å²) in [6.07, 6.45) is 0.390. The fourth-order valence-electron chi connectivity index (χ4n) is 1.61. The highest BCUT2D eigenvalue weighted by Gasteiger charge is 2.15. The van der Waals surface area contributed by atoms with Gasteiger partial charge < -0.3 is 15.4 Å². The maximum absolute atomic E-state index is 8.68. The number of anilines is 2. The molecule has 0 unspecified atom stereocenters. The molecule has 0 aliphatic carbocycles. The van der Waals surface area contributed by atoms with Crippen LogP contribution in [0.4, 0.5) is 11.4 Å². The predicted octanol–water partition coefficient (Wildman–Crippen LogP) is 2.94. The van der Waals surface area contributed by atoms with Crippen LogP contribution in [-0.2, 0) is 4.74 Å². The molecule has 6 heteroatoms. The third kappa shape index (κ3) is 3.95. The highest BCUT2D eigenvalue weighted by Crippen LogP contribution is 2.35. The molecule has 0 aliphatic rings. The molecular weight excluding hydrogens is 273 g/mol. The number of nitriles is 1. The second-order valence-electron chi connectivity index (χ2n) is 3.72. The Morgan fingerprint density at radius 1 is 1.33 bits per heavy atom. The van der Waals surface area contributed by atoms with E-state index in [0.717, 1.165) is 0 Å². The Morgan fingerprint density at radius 3 is 2.44 bits per heavy atom. The van der Waals surface area contributed by atoms with Gasteiger partial charge in [-0.25, -0.2) is 0 Å². The highest BCUT2D eigenvalue weighted by atomic mass is 35.5. The number of hydrogen-bond acceptors (Lipinski definition) is 4. The first kappa shape index (κ1) is 14.9. The van der Waals surface area contributed by atoms with Gasteiger partial charge in [0.15, 0.2) is 0 Å².